The maximum atomic E-state index is 13.3. The van der Waals surface area contributed by atoms with Gasteiger partial charge >= 0.3 is 4.87 Å². The zero-order chi connectivity index (χ0) is 19.8. The molecule has 8 heteroatoms. The third kappa shape index (κ3) is 3.34. The molecule has 3 aromatic heterocycles. The third-order valence-electron chi connectivity index (χ3n) is 4.44. The van der Waals surface area contributed by atoms with E-state index in [0.717, 1.165) is 22.6 Å². The third-order valence-corrected chi connectivity index (χ3v) is 5.32. The molecule has 0 spiro atoms. The summed E-state index contributed by atoms with van der Waals surface area (Å²) in [6, 6.07) is 9.75. The molecule has 4 rings (SSSR count). The van der Waals surface area contributed by atoms with Crippen molar-refractivity contribution in [2.45, 2.75) is 20.4 Å². The molecular weight excluding hydrogens is 379 g/mol. The Morgan fingerprint density at radius 2 is 1.96 bits per heavy atom. The number of anilines is 1. The quantitative estimate of drug-likeness (QED) is 0.573. The summed E-state index contributed by atoms with van der Waals surface area (Å²) in [6.45, 7) is 3.65. The molecule has 142 valence electrons. The van der Waals surface area contributed by atoms with E-state index in [1.165, 1.54) is 16.7 Å². The molecule has 1 aromatic carbocycles. The molecule has 0 aliphatic carbocycles. The highest BCUT2D eigenvalue weighted by Gasteiger charge is 2.18. The number of fused-ring (bicyclic) bond motifs is 1. The Labute approximate surface area is 163 Å². The summed E-state index contributed by atoms with van der Waals surface area (Å²) in [5.41, 5.74) is 3.65. The van der Waals surface area contributed by atoms with E-state index in [1.807, 2.05) is 25.3 Å². The largest absolute Gasteiger partial charge is 0.308 e. The number of thiazole rings is 1. The summed E-state index contributed by atoms with van der Waals surface area (Å²) >= 11 is 1.06. The molecule has 0 fully saturated rings. The van der Waals surface area contributed by atoms with Crippen LogP contribution < -0.4 is 10.2 Å². The van der Waals surface area contributed by atoms with E-state index in [9.17, 15) is 14.0 Å². The Bertz CT molecular complexity index is 1240. The number of carbonyl (C=O) groups is 1. The standard InChI is InChI=1S/C20H17FN4O2S/c1-12-7-8-24-16(9-12)22-18(14-3-5-15(21)6-4-14)19(24)23-17(26)10-25-13(2)11-28-20(25)27/h3-9,11H,10H2,1-2H3,(H,23,26). The molecule has 0 saturated carbocycles. The second kappa shape index (κ2) is 7.05. The summed E-state index contributed by atoms with van der Waals surface area (Å²) in [5.74, 6) is -0.205. The fraction of sp³-hybridized carbons (Fsp3) is 0.150. The molecule has 4 aromatic rings. The lowest BCUT2D eigenvalue weighted by atomic mass is 10.1. The molecular formula is C20H17FN4O2S. The maximum absolute atomic E-state index is 13.3. The van der Waals surface area contributed by atoms with E-state index in [4.69, 9.17) is 0 Å². The molecule has 0 radical (unpaired) electrons. The van der Waals surface area contributed by atoms with Gasteiger partial charge in [-0.15, -0.1) is 0 Å². The van der Waals surface area contributed by atoms with E-state index in [2.05, 4.69) is 10.3 Å². The van der Waals surface area contributed by atoms with Gasteiger partial charge in [0.2, 0.25) is 5.91 Å². The Morgan fingerprint density at radius 3 is 2.64 bits per heavy atom. The monoisotopic (exact) mass is 396 g/mol. The molecule has 28 heavy (non-hydrogen) atoms. The van der Waals surface area contributed by atoms with Crippen LogP contribution in [0.15, 0.2) is 52.8 Å². The van der Waals surface area contributed by atoms with Crippen LogP contribution >= 0.6 is 11.3 Å². The zero-order valence-corrected chi connectivity index (χ0v) is 16.1. The van der Waals surface area contributed by atoms with Gasteiger partial charge in [0.25, 0.3) is 0 Å². The Hall–Kier alpha value is -3.26. The first-order valence-corrected chi connectivity index (χ1v) is 9.50. The van der Waals surface area contributed by atoms with Crippen molar-refractivity contribution in [2.24, 2.45) is 0 Å². The van der Waals surface area contributed by atoms with E-state index in [-0.39, 0.29) is 23.1 Å². The van der Waals surface area contributed by atoms with Gasteiger partial charge in [-0.05, 0) is 55.8 Å². The van der Waals surface area contributed by atoms with Gasteiger partial charge in [-0.1, -0.05) is 11.3 Å². The number of aryl methyl sites for hydroxylation is 2. The highest BCUT2D eigenvalue weighted by molar-refractivity contribution is 7.07. The van der Waals surface area contributed by atoms with Gasteiger partial charge in [0.1, 0.15) is 29.5 Å². The van der Waals surface area contributed by atoms with Gasteiger partial charge in [-0.25, -0.2) is 9.37 Å². The fourth-order valence-corrected chi connectivity index (χ4v) is 3.72. The van der Waals surface area contributed by atoms with Crippen molar-refractivity contribution in [3.8, 4) is 11.3 Å². The van der Waals surface area contributed by atoms with Gasteiger partial charge in [0.05, 0.1) is 0 Å². The van der Waals surface area contributed by atoms with Crippen LogP contribution in [0.4, 0.5) is 10.2 Å². The number of nitrogens with one attached hydrogen (secondary N) is 1. The van der Waals surface area contributed by atoms with Crippen molar-refractivity contribution in [3.05, 3.63) is 74.7 Å². The van der Waals surface area contributed by atoms with E-state index in [0.29, 0.717) is 22.7 Å². The topological polar surface area (TPSA) is 68.4 Å². The van der Waals surface area contributed by atoms with Crippen molar-refractivity contribution in [2.75, 3.05) is 5.32 Å². The molecule has 0 bridgehead atoms. The average Bonchev–Trinajstić information content (AvgIpc) is 3.17. The minimum atomic E-state index is -0.346. The fourth-order valence-electron chi connectivity index (χ4n) is 2.99. The number of carbonyl (C=O) groups excluding carboxylic acids is 1. The molecule has 0 aliphatic heterocycles. The second-order valence-electron chi connectivity index (χ2n) is 6.53. The Morgan fingerprint density at radius 1 is 1.21 bits per heavy atom. The first kappa shape index (κ1) is 18.1. The summed E-state index contributed by atoms with van der Waals surface area (Å²) in [5, 5.41) is 4.59. The van der Waals surface area contributed by atoms with Crippen molar-refractivity contribution >= 4 is 28.7 Å². The highest BCUT2D eigenvalue weighted by atomic mass is 32.1. The minimum Gasteiger partial charge on any atom is -0.308 e. The summed E-state index contributed by atoms with van der Waals surface area (Å²) in [6.07, 6.45) is 1.82. The summed E-state index contributed by atoms with van der Waals surface area (Å²) < 4.78 is 16.5. The predicted octanol–water partition coefficient (Wildman–Crippen LogP) is 3.62. The van der Waals surface area contributed by atoms with Crippen molar-refractivity contribution in [1.29, 1.82) is 0 Å². The first-order valence-electron chi connectivity index (χ1n) is 8.62. The van der Waals surface area contributed by atoms with Crippen LogP contribution in [0.3, 0.4) is 0 Å². The van der Waals surface area contributed by atoms with Crippen LogP contribution in [0, 0.1) is 19.7 Å². The van der Waals surface area contributed by atoms with Gasteiger partial charge in [0, 0.05) is 22.8 Å². The van der Waals surface area contributed by atoms with Gasteiger partial charge in [0.15, 0.2) is 0 Å². The molecule has 0 unspecified atom stereocenters. The molecule has 6 nitrogen and oxygen atoms in total. The summed E-state index contributed by atoms with van der Waals surface area (Å²) in [4.78, 5) is 29.0. The van der Waals surface area contributed by atoms with Crippen molar-refractivity contribution in [3.63, 3.8) is 0 Å². The van der Waals surface area contributed by atoms with Crippen LogP contribution in [-0.4, -0.2) is 19.9 Å². The number of hydrogen-bond donors (Lipinski definition) is 1. The molecule has 0 atom stereocenters. The van der Waals surface area contributed by atoms with Crippen molar-refractivity contribution in [1.82, 2.24) is 14.0 Å². The van der Waals surface area contributed by atoms with Gasteiger partial charge in [-0.2, -0.15) is 0 Å². The lowest BCUT2D eigenvalue weighted by Crippen LogP contribution is -2.25. The lowest BCUT2D eigenvalue weighted by molar-refractivity contribution is -0.116. The predicted molar refractivity (Wildman–Crippen MR) is 107 cm³/mol. The highest BCUT2D eigenvalue weighted by Crippen LogP contribution is 2.29. The average molecular weight is 396 g/mol. The molecule has 1 N–H and O–H groups in total. The van der Waals surface area contributed by atoms with Crippen LogP contribution in [0.5, 0.6) is 0 Å². The smallest absolute Gasteiger partial charge is 0.307 e. The number of aromatic nitrogens is 3. The van der Waals surface area contributed by atoms with Gasteiger partial charge < -0.3 is 5.32 Å². The molecule has 0 aliphatic rings. The van der Waals surface area contributed by atoms with Crippen LogP contribution in [0.1, 0.15) is 11.3 Å². The number of hydrogen-bond acceptors (Lipinski definition) is 4. The maximum Gasteiger partial charge on any atom is 0.307 e. The molecule has 1 amide bonds. The second-order valence-corrected chi connectivity index (χ2v) is 7.35. The number of pyridine rings is 1. The first-order chi connectivity index (χ1) is 13.4. The van der Waals surface area contributed by atoms with Gasteiger partial charge in [-0.3, -0.25) is 18.6 Å². The summed E-state index contributed by atoms with van der Waals surface area (Å²) in [7, 11) is 0. The van der Waals surface area contributed by atoms with E-state index in [1.54, 1.807) is 28.8 Å². The normalized spacial score (nSPS) is 11.1. The van der Waals surface area contributed by atoms with Crippen LogP contribution in [0.25, 0.3) is 16.9 Å². The van der Waals surface area contributed by atoms with Crippen LogP contribution in [0.2, 0.25) is 0 Å². The number of rotatable bonds is 4. The number of benzene rings is 1. The number of nitrogens with zero attached hydrogens (tertiary/aromatic N) is 3. The minimum absolute atomic E-state index is 0.0872. The molecule has 3 heterocycles. The lowest BCUT2D eigenvalue weighted by Gasteiger charge is -2.09. The number of imidazole rings is 1. The van der Waals surface area contributed by atoms with E-state index < -0.39 is 0 Å². The SMILES string of the molecule is Cc1ccn2c(NC(=O)Cn3c(C)csc3=O)c(-c3ccc(F)cc3)nc2c1. The Balaban J connectivity index is 1.76. The zero-order valence-electron chi connectivity index (χ0n) is 15.3. The van der Waals surface area contributed by atoms with Crippen LogP contribution in [-0.2, 0) is 11.3 Å². The van der Waals surface area contributed by atoms with Crippen molar-refractivity contribution < 1.29 is 9.18 Å². The number of amides is 1. The Kier molecular flexibility index (Phi) is 4.56. The van der Waals surface area contributed by atoms with E-state index >= 15 is 0 Å². The molecule has 0 saturated heterocycles. The number of halogens is 1.